The molecule has 0 aliphatic heterocycles. The topological polar surface area (TPSA) is 108 Å². The van der Waals surface area contributed by atoms with Gasteiger partial charge in [-0.2, -0.15) is 10.1 Å². The van der Waals surface area contributed by atoms with Gasteiger partial charge in [-0.05, 0) is 42.5 Å². The highest BCUT2D eigenvalue weighted by Gasteiger charge is 2.09. The van der Waals surface area contributed by atoms with E-state index in [1.54, 1.807) is 30.5 Å². The fourth-order valence-electron chi connectivity index (χ4n) is 2.67. The summed E-state index contributed by atoms with van der Waals surface area (Å²) in [5, 5.41) is 16.4. The van der Waals surface area contributed by atoms with E-state index in [0.29, 0.717) is 11.4 Å². The van der Waals surface area contributed by atoms with Crippen LogP contribution in [0.15, 0.2) is 67.5 Å². The smallest absolute Gasteiger partial charge is 0.247 e. The highest BCUT2D eigenvalue weighted by Crippen LogP contribution is 2.23. The van der Waals surface area contributed by atoms with Crippen LogP contribution in [-0.2, 0) is 4.79 Å². The number of hydrogen-bond donors (Lipinski definition) is 4. The number of hydrogen-bond acceptors (Lipinski definition) is 6. The number of carbonyl (C=O) groups is 1. The number of nitrogens with zero attached hydrogens (tertiary/aromatic N) is 3. The molecule has 2 aromatic carbocycles. The van der Waals surface area contributed by atoms with E-state index in [2.05, 4.69) is 42.7 Å². The van der Waals surface area contributed by atoms with Crippen LogP contribution in [0.5, 0.6) is 0 Å². The van der Waals surface area contributed by atoms with Crippen LogP contribution >= 0.6 is 0 Å². The molecule has 0 fully saturated rings. The Bertz CT molecular complexity index is 1200. The molecule has 4 rings (SSSR count). The van der Waals surface area contributed by atoms with E-state index in [9.17, 15) is 9.18 Å². The van der Waals surface area contributed by atoms with Crippen LogP contribution in [0.2, 0.25) is 0 Å². The second-order valence-electron chi connectivity index (χ2n) is 6.09. The Hall–Kier alpha value is -4.27. The summed E-state index contributed by atoms with van der Waals surface area (Å²) in [6, 6.07) is 12.4. The summed E-state index contributed by atoms with van der Waals surface area (Å²) >= 11 is 0. The number of aromatic nitrogens is 4. The Morgan fingerprint density at radius 2 is 1.90 bits per heavy atom. The summed E-state index contributed by atoms with van der Waals surface area (Å²) in [4.78, 5) is 19.6. The minimum Gasteiger partial charge on any atom is -0.338 e. The van der Waals surface area contributed by atoms with E-state index in [1.807, 2.05) is 18.2 Å². The Labute approximate surface area is 164 Å². The maximum atomic E-state index is 14.2. The molecule has 2 heterocycles. The van der Waals surface area contributed by atoms with E-state index in [4.69, 9.17) is 0 Å². The fourth-order valence-corrected chi connectivity index (χ4v) is 2.67. The molecule has 0 spiro atoms. The molecule has 29 heavy (non-hydrogen) atoms. The molecule has 0 saturated carbocycles. The van der Waals surface area contributed by atoms with Crippen LogP contribution < -0.4 is 16.0 Å². The summed E-state index contributed by atoms with van der Waals surface area (Å²) in [5.41, 5.74) is 2.74. The van der Waals surface area contributed by atoms with E-state index in [1.165, 1.54) is 6.08 Å². The monoisotopic (exact) mass is 389 g/mol. The van der Waals surface area contributed by atoms with Crippen LogP contribution in [0, 0.1) is 5.82 Å². The van der Waals surface area contributed by atoms with Crippen LogP contribution in [-0.4, -0.2) is 26.1 Å². The van der Waals surface area contributed by atoms with Gasteiger partial charge in [0.2, 0.25) is 11.9 Å². The number of halogens is 1. The molecule has 0 atom stereocenters. The van der Waals surface area contributed by atoms with Gasteiger partial charge in [-0.25, -0.2) is 9.37 Å². The normalized spacial score (nSPS) is 10.5. The summed E-state index contributed by atoms with van der Waals surface area (Å²) < 4.78 is 14.2. The zero-order valence-corrected chi connectivity index (χ0v) is 15.1. The number of anilines is 5. The number of amides is 1. The predicted molar refractivity (Wildman–Crippen MR) is 110 cm³/mol. The number of fused-ring (bicyclic) bond motifs is 1. The van der Waals surface area contributed by atoms with Crippen molar-refractivity contribution in [3.05, 3.63) is 73.3 Å². The molecule has 8 nitrogen and oxygen atoms in total. The lowest BCUT2D eigenvalue weighted by Gasteiger charge is -2.11. The van der Waals surface area contributed by atoms with Crippen molar-refractivity contribution in [1.29, 1.82) is 0 Å². The Balaban J connectivity index is 1.54. The quantitative estimate of drug-likeness (QED) is 0.370. The molecule has 4 aromatic rings. The molecule has 0 saturated heterocycles. The molecule has 2 aromatic heterocycles. The molecular formula is C20H16FN7O. The largest absolute Gasteiger partial charge is 0.338 e. The standard InChI is InChI=1S/C20H16FN7O/c1-2-18(29)24-13-4-3-5-14(9-13)25-19-16(21)11-22-20(27-19)26-15-6-7-17-12(8-15)10-23-28-17/h2-11H,1H2,(H,23,28)(H,24,29)(H2,22,25,26,27). The predicted octanol–water partition coefficient (Wildman–Crippen LogP) is 4.10. The third-order valence-corrected chi connectivity index (χ3v) is 4.02. The maximum absolute atomic E-state index is 14.2. The molecular weight excluding hydrogens is 373 g/mol. The Kier molecular flexibility index (Phi) is 4.85. The summed E-state index contributed by atoms with van der Waals surface area (Å²) in [6.07, 6.45) is 3.96. The fraction of sp³-hybridized carbons (Fsp3) is 0. The zero-order chi connectivity index (χ0) is 20.2. The van der Waals surface area contributed by atoms with Crippen LogP contribution in [0.1, 0.15) is 0 Å². The number of carbonyl (C=O) groups excluding carboxylic acids is 1. The summed E-state index contributed by atoms with van der Waals surface area (Å²) in [5.74, 6) is -0.718. The molecule has 0 aliphatic carbocycles. The van der Waals surface area contributed by atoms with Crippen LogP contribution in [0.3, 0.4) is 0 Å². The van der Waals surface area contributed by atoms with Crippen molar-refractivity contribution in [2.75, 3.05) is 16.0 Å². The highest BCUT2D eigenvalue weighted by atomic mass is 19.1. The van der Waals surface area contributed by atoms with Gasteiger partial charge in [-0.1, -0.05) is 12.6 Å². The molecule has 9 heteroatoms. The lowest BCUT2D eigenvalue weighted by Crippen LogP contribution is -2.07. The molecule has 144 valence electrons. The van der Waals surface area contributed by atoms with Crippen molar-refractivity contribution in [1.82, 2.24) is 20.2 Å². The van der Waals surface area contributed by atoms with Gasteiger partial charge in [0.05, 0.1) is 17.9 Å². The lowest BCUT2D eigenvalue weighted by molar-refractivity contribution is -0.111. The van der Waals surface area contributed by atoms with Gasteiger partial charge < -0.3 is 16.0 Å². The maximum Gasteiger partial charge on any atom is 0.247 e. The average molecular weight is 389 g/mol. The molecule has 0 unspecified atom stereocenters. The van der Waals surface area contributed by atoms with Gasteiger partial charge in [-0.15, -0.1) is 0 Å². The average Bonchev–Trinajstić information content (AvgIpc) is 3.18. The van der Waals surface area contributed by atoms with Crippen molar-refractivity contribution < 1.29 is 9.18 Å². The number of benzene rings is 2. The first-order valence-corrected chi connectivity index (χ1v) is 8.64. The minimum atomic E-state index is -0.610. The van der Waals surface area contributed by atoms with Crippen molar-refractivity contribution in [2.24, 2.45) is 0 Å². The second kappa shape index (κ2) is 7.77. The Morgan fingerprint density at radius 1 is 1.07 bits per heavy atom. The number of nitrogens with one attached hydrogen (secondary N) is 4. The lowest BCUT2D eigenvalue weighted by atomic mass is 10.2. The van der Waals surface area contributed by atoms with Gasteiger partial charge >= 0.3 is 0 Å². The van der Waals surface area contributed by atoms with Crippen molar-refractivity contribution in [2.45, 2.75) is 0 Å². The third kappa shape index (κ3) is 4.19. The zero-order valence-electron chi connectivity index (χ0n) is 15.1. The Morgan fingerprint density at radius 3 is 2.76 bits per heavy atom. The van der Waals surface area contributed by atoms with Crippen molar-refractivity contribution >= 4 is 45.6 Å². The summed E-state index contributed by atoms with van der Waals surface area (Å²) in [6.45, 7) is 3.41. The first-order valence-electron chi connectivity index (χ1n) is 8.64. The van der Waals surface area contributed by atoms with Crippen LogP contribution in [0.25, 0.3) is 10.9 Å². The van der Waals surface area contributed by atoms with Gasteiger partial charge in [0.15, 0.2) is 11.6 Å². The second-order valence-corrected chi connectivity index (χ2v) is 6.09. The SMILES string of the molecule is C=CC(=O)Nc1cccc(Nc2nc(Nc3ccc4[nH]ncc4c3)ncc2F)c1. The number of aromatic amines is 1. The summed E-state index contributed by atoms with van der Waals surface area (Å²) in [7, 11) is 0. The molecule has 4 N–H and O–H groups in total. The first-order chi connectivity index (χ1) is 14.1. The highest BCUT2D eigenvalue weighted by molar-refractivity contribution is 5.99. The van der Waals surface area contributed by atoms with Crippen molar-refractivity contribution in [3.8, 4) is 0 Å². The van der Waals surface area contributed by atoms with E-state index >= 15 is 0 Å². The van der Waals surface area contributed by atoms with Gasteiger partial charge in [0.25, 0.3) is 0 Å². The van der Waals surface area contributed by atoms with E-state index in [0.717, 1.165) is 22.8 Å². The molecule has 0 aliphatic rings. The van der Waals surface area contributed by atoms with Gasteiger partial charge in [0, 0.05) is 22.4 Å². The molecule has 0 bridgehead atoms. The number of H-pyrrole nitrogens is 1. The first kappa shape index (κ1) is 18.1. The molecule has 1 amide bonds. The molecule has 0 radical (unpaired) electrons. The van der Waals surface area contributed by atoms with E-state index < -0.39 is 5.82 Å². The van der Waals surface area contributed by atoms with Crippen molar-refractivity contribution in [3.63, 3.8) is 0 Å². The van der Waals surface area contributed by atoms with Gasteiger partial charge in [0.1, 0.15) is 0 Å². The third-order valence-electron chi connectivity index (χ3n) is 4.02. The van der Waals surface area contributed by atoms with Crippen LogP contribution in [0.4, 0.5) is 33.2 Å². The minimum absolute atomic E-state index is 0.000846. The number of rotatable bonds is 6. The van der Waals surface area contributed by atoms with E-state index in [-0.39, 0.29) is 17.7 Å². The van der Waals surface area contributed by atoms with Gasteiger partial charge in [-0.3, -0.25) is 9.89 Å².